The molecule has 0 bridgehead atoms. The molecule has 1 aromatic rings. The highest BCUT2D eigenvalue weighted by Gasteiger charge is 2.33. The van der Waals surface area contributed by atoms with E-state index in [4.69, 9.17) is 0 Å². The SMILES string of the molecule is CN(C)S(=O)(=O)N1CCN(C(=O)CCNc2ccc(C(F)(F)F)cc2[N+](=O)[O-])CC1. The third-order valence-electron chi connectivity index (χ3n) is 4.56. The second kappa shape index (κ2) is 9.14. The Balaban J connectivity index is 1.92. The minimum absolute atomic E-state index is 0.0265. The van der Waals surface area contributed by atoms with Crippen molar-refractivity contribution in [2.45, 2.75) is 12.6 Å². The minimum Gasteiger partial charge on any atom is -0.379 e. The molecule has 1 N–H and O–H groups in total. The first-order chi connectivity index (χ1) is 13.8. The number of halogens is 3. The van der Waals surface area contributed by atoms with Gasteiger partial charge < -0.3 is 10.2 Å². The number of nitrogens with zero attached hydrogens (tertiary/aromatic N) is 4. The summed E-state index contributed by atoms with van der Waals surface area (Å²) in [5.41, 5.74) is -2.00. The summed E-state index contributed by atoms with van der Waals surface area (Å²) in [6.45, 7) is 0.661. The molecule has 1 aliphatic rings. The lowest BCUT2D eigenvalue weighted by Crippen LogP contribution is -2.53. The zero-order valence-corrected chi connectivity index (χ0v) is 17.2. The Labute approximate surface area is 171 Å². The molecule has 2 rings (SSSR count). The van der Waals surface area contributed by atoms with Crippen LogP contribution in [0.25, 0.3) is 0 Å². The predicted octanol–water partition coefficient (Wildman–Crippen LogP) is 1.37. The number of rotatable bonds is 7. The first-order valence-electron chi connectivity index (χ1n) is 8.89. The lowest BCUT2D eigenvalue weighted by Gasteiger charge is -2.35. The van der Waals surface area contributed by atoms with E-state index in [1.165, 1.54) is 23.3 Å². The van der Waals surface area contributed by atoms with Crippen molar-refractivity contribution in [3.63, 3.8) is 0 Å². The van der Waals surface area contributed by atoms with E-state index in [0.29, 0.717) is 6.07 Å². The van der Waals surface area contributed by atoms with E-state index in [0.717, 1.165) is 16.4 Å². The average Bonchev–Trinajstić information content (AvgIpc) is 2.67. The van der Waals surface area contributed by atoms with Crippen molar-refractivity contribution >= 4 is 27.5 Å². The fourth-order valence-corrected chi connectivity index (χ4v) is 3.96. The van der Waals surface area contributed by atoms with Gasteiger partial charge >= 0.3 is 6.18 Å². The van der Waals surface area contributed by atoms with Crippen LogP contribution in [0.4, 0.5) is 24.5 Å². The maximum Gasteiger partial charge on any atom is 0.416 e. The molecule has 0 saturated carbocycles. The molecule has 0 spiro atoms. The van der Waals surface area contributed by atoms with E-state index >= 15 is 0 Å². The van der Waals surface area contributed by atoms with Crippen LogP contribution in [0.15, 0.2) is 18.2 Å². The van der Waals surface area contributed by atoms with Gasteiger partial charge in [0.05, 0.1) is 10.5 Å². The standard InChI is InChI=1S/C16H22F3N5O5S/c1-21(2)30(28,29)23-9-7-22(8-10-23)15(25)5-6-20-13-4-3-12(16(17,18)19)11-14(13)24(26)27/h3-4,11,20H,5-10H2,1-2H3. The fourth-order valence-electron chi connectivity index (χ4n) is 2.87. The van der Waals surface area contributed by atoms with E-state index in [1.54, 1.807) is 0 Å². The molecule has 14 heteroatoms. The monoisotopic (exact) mass is 453 g/mol. The number of hydrogen-bond acceptors (Lipinski definition) is 6. The molecule has 1 amide bonds. The highest BCUT2D eigenvalue weighted by Crippen LogP contribution is 2.34. The highest BCUT2D eigenvalue weighted by molar-refractivity contribution is 7.86. The maximum absolute atomic E-state index is 12.7. The quantitative estimate of drug-likeness (QED) is 0.492. The number of nitro benzene ring substituents is 1. The van der Waals surface area contributed by atoms with Crippen molar-refractivity contribution in [2.75, 3.05) is 52.1 Å². The molecule has 1 saturated heterocycles. The Hall–Kier alpha value is -2.45. The molecule has 30 heavy (non-hydrogen) atoms. The summed E-state index contributed by atoms with van der Waals surface area (Å²) in [5.74, 6) is -0.293. The van der Waals surface area contributed by atoms with E-state index < -0.39 is 32.6 Å². The van der Waals surface area contributed by atoms with Gasteiger partial charge in [0.25, 0.3) is 15.9 Å². The third kappa shape index (κ3) is 5.58. The second-order valence-corrected chi connectivity index (χ2v) is 8.88. The van der Waals surface area contributed by atoms with Crippen LogP contribution in [-0.2, 0) is 21.2 Å². The smallest absolute Gasteiger partial charge is 0.379 e. The number of benzene rings is 1. The summed E-state index contributed by atoms with van der Waals surface area (Å²) in [7, 11) is -0.725. The van der Waals surface area contributed by atoms with Crippen LogP contribution in [0.5, 0.6) is 0 Å². The fraction of sp³-hybridized carbons (Fsp3) is 0.562. The van der Waals surface area contributed by atoms with Crippen molar-refractivity contribution in [3.8, 4) is 0 Å². The zero-order chi connectivity index (χ0) is 22.7. The van der Waals surface area contributed by atoms with Crippen molar-refractivity contribution in [3.05, 3.63) is 33.9 Å². The highest BCUT2D eigenvalue weighted by atomic mass is 32.2. The number of amides is 1. The van der Waals surface area contributed by atoms with Gasteiger partial charge in [0, 0.05) is 59.3 Å². The summed E-state index contributed by atoms with van der Waals surface area (Å²) in [6.07, 6.45) is -4.76. The number of carbonyl (C=O) groups excluding carboxylic acids is 1. The Kier molecular flexibility index (Phi) is 7.26. The molecule has 10 nitrogen and oxygen atoms in total. The van der Waals surface area contributed by atoms with Crippen LogP contribution < -0.4 is 5.32 Å². The molecule has 1 aromatic carbocycles. The van der Waals surface area contributed by atoms with Crippen LogP contribution in [0.1, 0.15) is 12.0 Å². The van der Waals surface area contributed by atoms with Crippen LogP contribution in [0.2, 0.25) is 0 Å². The van der Waals surface area contributed by atoms with Gasteiger partial charge in [0.2, 0.25) is 5.91 Å². The van der Waals surface area contributed by atoms with Crippen molar-refractivity contribution in [1.29, 1.82) is 0 Å². The van der Waals surface area contributed by atoms with Crippen LogP contribution in [-0.4, -0.2) is 79.6 Å². The topological polar surface area (TPSA) is 116 Å². The molecule has 0 unspecified atom stereocenters. The molecule has 0 atom stereocenters. The van der Waals surface area contributed by atoms with E-state index in [2.05, 4.69) is 5.32 Å². The molecular formula is C16H22F3N5O5S. The molecule has 1 fully saturated rings. The Morgan fingerprint density at radius 3 is 2.33 bits per heavy atom. The van der Waals surface area contributed by atoms with E-state index in [1.807, 2.05) is 0 Å². The minimum atomic E-state index is -4.71. The molecule has 0 aromatic heterocycles. The van der Waals surface area contributed by atoms with Gasteiger partial charge in [-0.1, -0.05) is 0 Å². The lowest BCUT2D eigenvalue weighted by molar-refractivity contribution is -0.384. The Morgan fingerprint density at radius 2 is 1.83 bits per heavy atom. The molecule has 0 aliphatic carbocycles. The Morgan fingerprint density at radius 1 is 1.23 bits per heavy atom. The number of carbonyl (C=O) groups is 1. The summed E-state index contributed by atoms with van der Waals surface area (Å²) in [5, 5.41) is 13.7. The maximum atomic E-state index is 12.7. The van der Waals surface area contributed by atoms with Crippen molar-refractivity contribution < 1.29 is 31.3 Å². The summed E-state index contributed by atoms with van der Waals surface area (Å²) in [4.78, 5) is 23.9. The molecule has 1 aliphatic heterocycles. The third-order valence-corrected chi connectivity index (χ3v) is 6.50. The molecule has 168 valence electrons. The van der Waals surface area contributed by atoms with Crippen LogP contribution in [0, 0.1) is 10.1 Å². The average molecular weight is 453 g/mol. The van der Waals surface area contributed by atoms with Gasteiger partial charge in [-0.2, -0.15) is 30.2 Å². The van der Waals surface area contributed by atoms with Gasteiger partial charge in [-0.15, -0.1) is 0 Å². The normalized spacial score (nSPS) is 16.0. The van der Waals surface area contributed by atoms with Crippen LogP contribution >= 0.6 is 0 Å². The van der Waals surface area contributed by atoms with E-state index in [-0.39, 0.29) is 50.7 Å². The van der Waals surface area contributed by atoms with Crippen molar-refractivity contribution in [2.24, 2.45) is 0 Å². The van der Waals surface area contributed by atoms with Gasteiger partial charge in [0.15, 0.2) is 0 Å². The molecule has 1 heterocycles. The van der Waals surface area contributed by atoms with Gasteiger partial charge in [-0.05, 0) is 12.1 Å². The van der Waals surface area contributed by atoms with Crippen molar-refractivity contribution in [1.82, 2.24) is 13.5 Å². The summed E-state index contributed by atoms with van der Waals surface area (Å²) < 4.78 is 64.7. The molecule has 0 radical (unpaired) electrons. The largest absolute Gasteiger partial charge is 0.416 e. The summed E-state index contributed by atoms with van der Waals surface area (Å²) in [6, 6.07) is 2.12. The zero-order valence-electron chi connectivity index (χ0n) is 16.3. The van der Waals surface area contributed by atoms with E-state index in [9.17, 15) is 36.5 Å². The first-order valence-corrected chi connectivity index (χ1v) is 10.3. The van der Waals surface area contributed by atoms with Gasteiger partial charge in [-0.3, -0.25) is 14.9 Å². The number of nitrogens with one attached hydrogen (secondary N) is 1. The number of alkyl halides is 3. The number of anilines is 1. The summed E-state index contributed by atoms with van der Waals surface area (Å²) >= 11 is 0. The van der Waals surface area contributed by atoms with Crippen LogP contribution in [0.3, 0.4) is 0 Å². The number of hydrogen-bond donors (Lipinski definition) is 1. The van der Waals surface area contributed by atoms with Gasteiger partial charge in [-0.25, -0.2) is 0 Å². The lowest BCUT2D eigenvalue weighted by atomic mass is 10.1. The van der Waals surface area contributed by atoms with Gasteiger partial charge in [0.1, 0.15) is 5.69 Å². The predicted molar refractivity (Wildman–Crippen MR) is 102 cm³/mol. The second-order valence-electron chi connectivity index (χ2n) is 6.73. The first kappa shape index (κ1) is 23.8. The molecular weight excluding hydrogens is 431 g/mol. The number of nitro groups is 1. The Bertz CT molecular complexity index is 899. The number of piperazine rings is 1.